The van der Waals surface area contributed by atoms with Crippen LogP contribution < -0.4 is 0 Å². The van der Waals surface area contributed by atoms with E-state index in [-0.39, 0.29) is 0 Å². The van der Waals surface area contributed by atoms with Gasteiger partial charge in [0.2, 0.25) is 6.67 Å². The van der Waals surface area contributed by atoms with Crippen molar-refractivity contribution in [1.82, 2.24) is 9.80 Å². The van der Waals surface area contributed by atoms with Crippen molar-refractivity contribution in [1.29, 1.82) is 0 Å². The zero-order valence-corrected chi connectivity index (χ0v) is 15.2. The quantitative estimate of drug-likeness (QED) is 0.333. The van der Waals surface area contributed by atoms with E-state index in [2.05, 4.69) is 30.9 Å². The highest BCUT2D eigenvalue weighted by Gasteiger charge is 2.09. The Morgan fingerprint density at radius 2 is 1.09 bits per heavy atom. The predicted molar refractivity (Wildman–Crippen MR) is 97.2 cm³/mol. The van der Waals surface area contributed by atoms with Crippen molar-refractivity contribution in [2.24, 2.45) is 0 Å². The number of unbranched alkanes of at least 4 members (excludes halogenated alkanes) is 13. The average Bonchev–Trinajstić information content (AvgIpc) is 2.93. The Kier molecular flexibility index (Phi) is 12.3. The Labute approximate surface area is 139 Å². The van der Waals surface area contributed by atoms with E-state index in [0.29, 0.717) is 0 Å². The van der Waals surface area contributed by atoms with Gasteiger partial charge in [0.25, 0.3) is 0 Å². The molecule has 128 valence electrons. The lowest BCUT2D eigenvalue weighted by atomic mass is 10.0. The average molecular weight is 307 g/mol. The molecule has 0 aromatic carbocycles. The van der Waals surface area contributed by atoms with Crippen LogP contribution in [-0.2, 0) is 0 Å². The molecule has 0 saturated heterocycles. The molecule has 2 heteroatoms. The van der Waals surface area contributed by atoms with Crippen LogP contribution in [-0.4, -0.2) is 23.4 Å². The van der Waals surface area contributed by atoms with Crippen LogP contribution in [0.15, 0.2) is 12.4 Å². The summed E-state index contributed by atoms with van der Waals surface area (Å²) in [6.07, 6.45) is 24.1. The Bertz CT molecular complexity index is 262. The van der Waals surface area contributed by atoms with Crippen molar-refractivity contribution in [3.05, 3.63) is 19.1 Å². The summed E-state index contributed by atoms with van der Waals surface area (Å²) in [5.74, 6) is 0. The lowest BCUT2D eigenvalue weighted by Gasteiger charge is -2.15. The molecule has 0 spiro atoms. The predicted octanol–water partition coefficient (Wildman–Crippen LogP) is 6.18. The molecule has 2 radical (unpaired) electrons. The molecule has 0 atom stereocenters. The third-order valence-corrected chi connectivity index (χ3v) is 4.51. The van der Waals surface area contributed by atoms with Gasteiger partial charge in [0.15, 0.2) is 0 Å². The van der Waals surface area contributed by atoms with Crippen LogP contribution >= 0.6 is 0 Å². The van der Waals surface area contributed by atoms with E-state index in [4.69, 9.17) is 0 Å². The molecule has 0 aromatic heterocycles. The topological polar surface area (TPSA) is 6.48 Å². The molecule has 0 N–H and O–H groups in total. The lowest BCUT2D eigenvalue weighted by molar-refractivity contribution is 0.367. The summed E-state index contributed by atoms with van der Waals surface area (Å²) in [6, 6.07) is 0. The number of hydrogen-bond acceptors (Lipinski definition) is 2. The molecule has 0 fully saturated rings. The van der Waals surface area contributed by atoms with Gasteiger partial charge in [-0.25, -0.2) is 0 Å². The van der Waals surface area contributed by atoms with Crippen LogP contribution in [0, 0.1) is 6.67 Å². The first-order chi connectivity index (χ1) is 10.8. The maximum Gasteiger partial charge on any atom is 0.207 e. The minimum absolute atomic E-state index is 1.12. The molecule has 1 heterocycles. The largest absolute Gasteiger partial charge is 0.349 e. The van der Waals surface area contributed by atoms with E-state index in [1.54, 1.807) is 0 Å². The fourth-order valence-corrected chi connectivity index (χ4v) is 3.05. The van der Waals surface area contributed by atoms with Crippen molar-refractivity contribution < 1.29 is 0 Å². The molecular weight excluding hydrogens is 268 g/mol. The second-order valence-corrected chi connectivity index (χ2v) is 6.80. The number of rotatable bonds is 15. The molecular formula is C20H38N2. The summed E-state index contributed by atoms with van der Waals surface area (Å²) in [5, 5.41) is 0. The van der Waals surface area contributed by atoms with Gasteiger partial charge in [0.1, 0.15) is 0 Å². The van der Waals surface area contributed by atoms with Gasteiger partial charge >= 0.3 is 0 Å². The molecule has 0 aromatic rings. The van der Waals surface area contributed by atoms with Crippen LogP contribution in [0.25, 0.3) is 0 Å². The van der Waals surface area contributed by atoms with Crippen LogP contribution in [0.3, 0.4) is 0 Å². The second-order valence-electron chi connectivity index (χ2n) is 6.80. The fraction of sp³-hybridized carbons (Fsp3) is 0.850. The normalized spacial score (nSPS) is 14.3. The number of nitrogens with zero attached hydrogens (tertiary/aromatic N) is 2. The summed E-state index contributed by atoms with van der Waals surface area (Å²) in [7, 11) is 2.03. The van der Waals surface area contributed by atoms with Gasteiger partial charge in [-0.2, -0.15) is 0 Å². The summed E-state index contributed by atoms with van der Waals surface area (Å²) in [4.78, 5) is 4.16. The third-order valence-electron chi connectivity index (χ3n) is 4.51. The molecule has 1 rings (SSSR count). The first kappa shape index (κ1) is 19.4. The molecule has 22 heavy (non-hydrogen) atoms. The summed E-state index contributed by atoms with van der Waals surface area (Å²) in [5.41, 5.74) is 0. The Hall–Kier alpha value is -0.660. The van der Waals surface area contributed by atoms with E-state index in [1.807, 2.05) is 11.9 Å². The van der Waals surface area contributed by atoms with E-state index in [0.717, 1.165) is 6.54 Å². The highest BCUT2D eigenvalue weighted by Crippen LogP contribution is 2.14. The van der Waals surface area contributed by atoms with Crippen LogP contribution in [0.5, 0.6) is 0 Å². The van der Waals surface area contributed by atoms with Gasteiger partial charge in [-0.05, 0) is 6.42 Å². The molecule has 1 aliphatic rings. The van der Waals surface area contributed by atoms with Crippen molar-refractivity contribution in [3.8, 4) is 0 Å². The van der Waals surface area contributed by atoms with Crippen molar-refractivity contribution in [2.45, 2.75) is 96.8 Å². The third kappa shape index (κ3) is 11.0. The highest BCUT2D eigenvalue weighted by molar-refractivity contribution is 4.94. The molecule has 0 saturated carbocycles. The van der Waals surface area contributed by atoms with Crippen LogP contribution in [0.4, 0.5) is 0 Å². The summed E-state index contributed by atoms with van der Waals surface area (Å²) < 4.78 is 0. The van der Waals surface area contributed by atoms with Crippen molar-refractivity contribution >= 4 is 0 Å². The number of hydrogen-bond donors (Lipinski definition) is 0. The summed E-state index contributed by atoms with van der Waals surface area (Å²) in [6.45, 7) is 6.67. The van der Waals surface area contributed by atoms with Gasteiger partial charge in [-0.3, -0.25) is 0 Å². The zero-order chi connectivity index (χ0) is 15.9. The van der Waals surface area contributed by atoms with Gasteiger partial charge in [-0.1, -0.05) is 90.4 Å². The molecule has 2 nitrogen and oxygen atoms in total. The summed E-state index contributed by atoms with van der Waals surface area (Å²) >= 11 is 0. The first-order valence-electron chi connectivity index (χ1n) is 9.77. The van der Waals surface area contributed by atoms with Gasteiger partial charge in [0.05, 0.1) is 0 Å². The van der Waals surface area contributed by atoms with Gasteiger partial charge < -0.3 is 9.80 Å². The maximum absolute atomic E-state index is 3.26. The first-order valence-corrected chi connectivity index (χ1v) is 9.77. The SMILES string of the molecule is CCCCCCCCCCCCCCCCN1[C]N(C)C=C1. The minimum Gasteiger partial charge on any atom is -0.349 e. The Morgan fingerprint density at radius 3 is 1.50 bits per heavy atom. The minimum atomic E-state index is 1.12. The monoisotopic (exact) mass is 306 g/mol. The second kappa shape index (κ2) is 14.0. The Balaban J connectivity index is 1.69. The van der Waals surface area contributed by atoms with E-state index in [9.17, 15) is 0 Å². The van der Waals surface area contributed by atoms with E-state index < -0.39 is 0 Å². The molecule has 0 amide bonds. The molecule has 0 unspecified atom stereocenters. The standard InChI is InChI=1S/C20H38N2/c1-3-4-5-6-7-8-9-10-11-12-13-14-15-16-17-22-19-18-21(2)20-22/h18-19H,3-17H2,1-2H3. The molecule has 0 bridgehead atoms. The smallest absolute Gasteiger partial charge is 0.207 e. The van der Waals surface area contributed by atoms with Gasteiger partial charge in [0, 0.05) is 26.0 Å². The Morgan fingerprint density at radius 1 is 0.636 bits per heavy atom. The highest BCUT2D eigenvalue weighted by atomic mass is 15.3. The molecule has 1 aliphatic heterocycles. The van der Waals surface area contributed by atoms with Gasteiger partial charge in [-0.15, -0.1) is 0 Å². The van der Waals surface area contributed by atoms with Crippen LogP contribution in [0.2, 0.25) is 0 Å². The maximum atomic E-state index is 3.26. The molecule has 0 aliphatic carbocycles. The zero-order valence-electron chi connectivity index (χ0n) is 15.2. The lowest BCUT2D eigenvalue weighted by Crippen LogP contribution is -2.17. The van der Waals surface area contributed by atoms with Crippen LogP contribution in [0.1, 0.15) is 96.8 Å². The van der Waals surface area contributed by atoms with E-state index in [1.165, 1.54) is 89.9 Å². The fourth-order valence-electron chi connectivity index (χ4n) is 3.05. The van der Waals surface area contributed by atoms with E-state index >= 15 is 0 Å². The van der Waals surface area contributed by atoms with Crippen molar-refractivity contribution in [3.63, 3.8) is 0 Å². The van der Waals surface area contributed by atoms with Crippen molar-refractivity contribution in [2.75, 3.05) is 13.6 Å².